The molecule has 0 nitrogen and oxygen atoms in total. The quantitative estimate of drug-likeness (QED) is 0.511. The molecule has 0 saturated heterocycles. The van der Waals surface area contributed by atoms with Gasteiger partial charge in [0.05, 0.1) is 0 Å². The zero-order chi connectivity index (χ0) is 7.98. The number of rotatable bonds is 5. The highest BCUT2D eigenvalue weighted by Crippen LogP contribution is 2.21. The molecule has 0 bridgehead atoms. The van der Waals surface area contributed by atoms with E-state index in [4.69, 9.17) is 0 Å². The third kappa shape index (κ3) is 3.05. The first-order chi connectivity index (χ1) is 4.76. The molecule has 2 atom stereocenters. The SMILES string of the molecule is C=CC[C@@H](CC)[C@H](C)CC. The molecular formula is C10H20. The summed E-state index contributed by atoms with van der Waals surface area (Å²) in [5.41, 5.74) is 0. The van der Waals surface area contributed by atoms with Gasteiger partial charge in [-0.05, 0) is 18.3 Å². The van der Waals surface area contributed by atoms with Gasteiger partial charge in [-0.15, -0.1) is 6.58 Å². The Hall–Kier alpha value is -0.260. The summed E-state index contributed by atoms with van der Waals surface area (Å²) < 4.78 is 0. The van der Waals surface area contributed by atoms with Gasteiger partial charge in [-0.2, -0.15) is 0 Å². The smallest absolute Gasteiger partial charge is 0.0322 e. The number of hydrogen-bond donors (Lipinski definition) is 0. The third-order valence-electron chi connectivity index (χ3n) is 2.44. The van der Waals surface area contributed by atoms with E-state index in [1.54, 1.807) is 0 Å². The minimum absolute atomic E-state index is 0.863. The van der Waals surface area contributed by atoms with Crippen LogP contribution in [0.5, 0.6) is 0 Å². The number of allylic oxidation sites excluding steroid dienone is 1. The third-order valence-corrected chi connectivity index (χ3v) is 2.44. The van der Waals surface area contributed by atoms with Gasteiger partial charge in [0.25, 0.3) is 0 Å². The van der Waals surface area contributed by atoms with E-state index in [2.05, 4.69) is 27.4 Å². The predicted octanol–water partition coefficient (Wildman–Crippen LogP) is 3.63. The molecule has 0 aliphatic carbocycles. The predicted molar refractivity (Wildman–Crippen MR) is 48.1 cm³/mol. The van der Waals surface area contributed by atoms with Crippen molar-refractivity contribution in [3.63, 3.8) is 0 Å². The van der Waals surface area contributed by atoms with E-state index < -0.39 is 0 Å². The highest BCUT2D eigenvalue weighted by Gasteiger charge is 2.10. The lowest BCUT2D eigenvalue weighted by Crippen LogP contribution is -2.08. The Kier molecular flexibility index (Phi) is 5.38. The van der Waals surface area contributed by atoms with Gasteiger partial charge >= 0.3 is 0 Å². The molecule has 0 heterocycles. The lowest BCUT2D eigenvalue weighted by atomic mass is 9.87. The minimum Gasteiger partial charge on any atom is -0.103 e. The highest BCUT2D eigenvalue weighted by molar-refractivity contribution is 4.75. The average Bonchev–Trinajstić information content (AvgIpc) is 1.99. The summed E-state index contributed by atoms with van der Waals surface area (Å²) in [4.78, 5) is 0. The van der Waals surface area contributed by atoms with Crippen molar-refractivity contribution in [2.24, 2.45) is 11.8 Å². The Morgan fingerprint density at radius 3 is 2.20 bits per heavy atom. The van der Waals surface area contributed by atoms with Crippen molar-refractivity contribution in [1.82, 2.24) is 0 Å². The molecule has 60 valence electrons. The van der Waals surface area contributed by atoms with Crippen LogP contribution in [0.3, 0.4) is 0 Å². The summed E-state index contributed by atoms with van der Waals surface area (Å²) in [6.45, 7) is 10.6. The molecule has 0 radical (unpaired) electrons. The second kappa shape index (κ2) is 5.52. The van der Waals surface area contributed by atoms with Gasteiger partial charge in [-0.25, -0.2) is 0 Å². The Labute approximate surface area is 65.3 Å². The van der Waals surface area contributed by atoms with E-state index in [1.165, 1.54) is 19.3 Å². The normalized spacial score (nSPS) is 16.3. The fourth-order valence-corrected chi connectivity index (χ4v) is 1.35. The van der Waals surface area contributed by atoms with Gasteiger partial charge in [0.1, 0.15) is 0 Å². The fraction of sp³-hybridized carbons (Fsp3) is 0.800. The molecule has 0 aliphatic rings. The van der Waals surface area contributed by atoms with Gasteiger partial charge in [-0.1, -0.05) is 39.7 Å². The molecule has 0 saturated carbocycles. The molecule has 10 heavy (non-hydrogen) atoms. The van der Waals surface area contributed by atoms with Crippen molar-refractivity contribution in [2.75, 3.05) is 0 Å². The van der Waals surface area contributed by atoms with E-state index in [-0.39, 0.29) is 0 Å². The zero-order valence-corrected chi connectivity index (χ0v) is 7.56. The Bertz CT molecular complexity index is 84.0. The molecule has 0 aliphatic heterocycles. The van der Waals surface area contributed by atoms with Crippen LogP contribution in [0.1, 0.15) is 40.0 Å². The largest absolute Gasteiger partial charge is 0.103 e. The van der Waals surface area contributed by atoms with Crippen LogP contribution < -0.4 is 0 Å². The standard InChI is InChI=1S/C10H20/c1-5-8-10(7-3)9(4)6-2/h5,9-10H,1,6-8H2,2-4H3/t9-,10-/m1/s1. The lowest BCUT2D eigenvalue weighted by molar-refractivity contribution is 0.341. The van der Waals surface area contributed by atoms with Crippen LogP contribution >= 0.6 is 0 Å². The van der Waals surface area contributed by atoms with Crippen molar-refractivity contribution in [1.29, 1.82) is 0 Å². The van der Waals surface area contributed by atoms with E-state index in [0.29, 0.717) is 0 Å². The van der Waals surface area contributed by atoms with E-state index >= 15 is 0 Å². The van der Waals surface area contributed by atoms with Gasteiger partial charge in [-0.3, -0.25) is 0 Å². The topological polar surface area (TPSA) is 0 Å². The van der Waals surface area contributed by atoms with Crippen LogP contribution in [0.4, 0.5) is 0 Å². The van der Waals surface area contributed by atoms with Crippen molar-refractivity contribution in [2.45, 2.75) is 40.0 Å². The second-order valence-electron chi connectivity index (χ2n) is 3.08. The van der Waals surface area contributed by atoms with Crippen LogP contribution in [-0.4, -0.2) is 0 Å². The van der Waals surface area contributed by atoms with E-state index in [1.807, 2.05) is 6.08 Å². The molecule has 0 aromatic heterocycles. The summed E-state index contributed by atoms with van der Waals surface area (Å²) in [6.07, 6.45) is 5.82. The molecule has 0 amide bonds. The molecule has 0 fully saturated rings. The first-order valence-corrected chi connectivity index (χ1v) is 4.37. The first-order valence-electron chi connectivity index (χ1n) is 4.37. The van der Waals surface area contributed by atoms with Crippen molar-refractivity contribution in [3.05, 3.63) is 12.7 Å². The average molecular weight is 140 g/mol. The Balaban J connectivity index is 3.67. The summed E-state index contributed by atoms with van der Waals surface area (Å²) in [5, 5.41) is 0. The maximum Gasteiger partial charge on any atom is -0.0322 e. The second-order valence-corrected chi connectivity index (χ2v) is 3.08. The van der Waals surface area contributed by atoms with Gasteiger partial charge in [0, 0.05) is 0 Å². The van der Waals surface area contributed by atoms with Crippen LogP contribution in [0.2, 0.25) is 0 Å². The van der Waals surface area contributed by atoms with Gasteiger partial charge < -0.3 is 0 Å². The molecule has 0 heteroatoms. The summed E-state index contributed by atoms with van der Waals surface area (Å²) in [7, 11) is 0. The minimum atomic E-state index is 0.863. The fourth-order valence-electron chi connectivity index (χ4n) is 1.35. The summed E-state index contributed by atoms with van der Waals surface area (Å²) >= 11 is 0. The van der Waals surface area contributed by atoms with Crippen LogP contribution in [0.25, 0.3) is 0 Å². The highest BCUT2D eigenvalue weighted by atomic mass is 14.2. The van der Waals surface area contributed by atoms with Crippen LogP contribution in [0.15, 0.2) is 12.7 Å². The lowest BCUT2D eigenvalue weighted by Gasteiger charge is -2.19. The van der Waals surface area contributed by atoms with Gasteiger partial charge in [0.2, 0.25) is 0 Å². The van der Waals surface area contributed by atoms with E-state index in [9.17, 15) is 0 Å². The maximum absolute atomic E-state index is 3.77. The molecular weight excluding hydrogens is 120 g/mol. The molecule has 0 aromatic carbocycles. The van der Waals surface area contributed by atoms with Crippen molar-refractivity contribution >= 4 is 0 Å². The van der Waals surface area contributed by atoms with Gasteiger partial charge in [0.15, 0.2) is 0 Å². The van der Waals surface area contributed by atoms with Crippen LogP contribution in [0, 0.1) is 11.8 Å². The maximum atomic E-state index is 3.77. The molecule has 0 rings (SSSR count). The zero-order valence-electron chi connectivity index (χ0n) is 7.56. The monoisotopic (exact) mass is 140 g/mol. The Morgan fingerprint density at radius 1 is 1.30 bits per heavy atom. The molecule has 0 unspecified atom stereocenters. The van der Waals surface area contributed by atoms with Crippen molar-refractivity contribution < 1.29 is 0 Å². The van der Waals surface area contributed by atoms with Crippen LogP contribution in [-0.2, 0) is 0 Å². The number of hydrogen-bond acceptors (Lipinski definition) is 0. The van der Waals surface area contributed by atoms with E-state index in [0.717, 1.165) is 11.8 Å². The summed E-state index contributed by atoms with van der Waals surface area (Å²) in [6, 6.07) is 0. The van der Waals surface area contributed by atoms with Crippen molar-refractivity contribution in [3.8, 4) is 0 Å². The molecule has 0 N–H and O–H groups in total. The Morgan fingerprint density at radius 2 is 1.90 bits per heavy atom. The molecule has 0 aromatic rings. The molecule has 0 spiro atoms. The first kappa shape index (κ1) is 9.74. The summed E-state index contributed by atoms with van der Waals surface area (Å²) in [5.74, 6) is 1.73.